The fourth-order valence-electron chi connectivity index (χ4n) is 1.40. The lowest BCUT2D eigenvalue weighted by Gasteiger charge is -2.10. The monoisotopic (exact) mass is 236 g/mol. The number of carbonyl (C=O) groups excluding carboxylic acids is 1. The van der Waals surface area contributed by atoms with E-state index in [0.717, 1.165) is 6.26 Å². The van der Waals surface area contributed by atoms with Gasteiger partial charge in [-0.3, -0.25) is 4.79 Å². The van der Waals surface area contributed by atoms with Crippen LogP contribution in [0.5, 0.6) is 0 Å². The maximum atomic E-state index is 11.4. The van der Waals surface area contributed by atoms with Crippen molar-refractivity contribution >= 4 is 15.7 Å². The summed E-state index contributed by atoms with van der Waals surface area (Å²) in [6.07, 6.45) is 1.01. The molecule has 6 nitrogen and oxygen atoms in total. The van der Waals surface area contributed by atoms with Gasteiger partial charge in [-0.1, -0.05) is 0 Å². The van der Waals surface area contributed by atoms with Crippen LogP contribution in [0, 0.1) is 0 Å². The molecule has 0 aromatic rings. The Labute approximate surface area is 89.0 Å². The Morgan fingerprint density at radius 2 is 2.27 bits per heavy atom. The number of carbonyl (C=O) groups is 1. The van der Waals surface area contributed by atoms with Gasteiger partial charge in [0.25, 0.3) is 0 Å². The first-order valence-electron chi connectivity index (χ1n) is 4.75. The fourth-order valence-corrected chi connectivity index (χ4v) is 1.87. The molecule has 1 heterocycles. The first kappa shape index (κ1) is 12.4. The summed E-state index contributed by atoms with van der Waals surface area (Å²) in [7, 11) is -3.04. The van der Waals surface area contributed by atoms with E-state index in [1.807, 2.05) is 0 Å². The molecule has 2 atom stereocenters. The second kappa shape index (κ2) is 4.91. The molecule has 1 fully saturated rings. The van der Waals surface area contributed by atoms with Gasteiger partial charge < -0.3 is 15.7 Å². The number of hydrogen-bond acceptors (Lipinski definition) is 5. The summed E-state index contributed by atoms with van der Waals surface area (Å²) in [5.41, 5.74) is 0. The summed E-state index contributed by atoms with van der Waals surface area (Å²) in [6, 6.07) is -0.403. The van der Waals surface area contributed by atoms with E-state index >= 15 is 0 Å². The molecule has 0 bridgehead atoms. The summed E-state index contributed by atoms with van der Waals surface area (Å²) in [5.74, 6) is -0.316. The molecule has 15 heavy (non-hydrogen) atoms. The molecular formula is C8H16N2O4S. The molecule has 1 saturated heterocycles. The summed E-state index contributed by atoms with van der Waals surface area (Å²) in [4.78, 5) is 11.4. The Bertz CT molecular complexity index is 328. The van der Waals surface area contributed by atoms with Gasteiger partial charge in [0.2, 0.25) is 5.91 Å². The van der Waals surface area contributed by atoms with Crippen molar-refractivity contribution < 1.29 is 18.3 Å². The molecular weight excluding hydrogens is 220 g/mol. The van der Waals surface area contributed by atoms with E-state index in [0.29, 0.717) is 13.0 Å². The molecule has 1 aliphatic rings. The molecule has 88 valence electrons. The van der Waals surface area contributed by atoms with Crippen LogP contribution in [-0.2, 0) is 14.6 Å². The Balaban J connectivity index is 2.25. The minimum atomic E-state index is -3.04. The van der Waals surface area contributed by atoms with Crippen molar-refractivity contribution in [3.05, 3.63) is 0 Å². The molecule has 0 spiro atoms. The van der Waals surface area contributed by atoms with E-state index in [2.05, 4.69) is 10.6 Å². The topological polar surface area (TPSA) is 95.5 Å². The van der Waals surface area contributed by atoms with E-state index in [1.165, 1.54) is 0 Å². The van der Waals surface area contributed by atoms with Crippen molar-refractivity contribution in [2.24, 2.45) is 0 Å². The van der Waals surface area contributed by atoms with Crippen molar-refractivity contribution in [1.82, 2.24) is 10.6 Å². The number of aliphatic hydroxyl groups is 1. The Morgan fingerprint density at radius 3 is 2.73 bits per heavy atom. The van der Waals surface area contributed by atoms with E-state index in [-0.39, 0.29) is 18.2 Å². The second-order valence-corrected chi connectivity index (χ2v) is 6.03. The molecule has 0 aliphatic carbocycles. The van der Waals surface area contributed by atoms with E-state index in [1.54, 1.807) is 0 Å². The molecule has 1 rings (SSSR count). The Kier molecular flexibility index (Phi) is 4.06. The highest BCUT2D eigenvalue weighted by Gasteiger charge is 2.27. The van der Waals surface area contributed by atoms with Crippen molar-refractivity contribution in [2.45, 2.75) is 18.6 Å². The minimum absolute atomic E-state index is 0.0615. The van der Waals surface area contributed by atoms with Gasteiger partial charge >= 0.3 is 0 Å². The third kappa shape index (κ3) is 4.59. The summed E-state index contributed by atoms with van der Waals surface area (Å²) in [5, 5.41) is 14.5. The van der Waals surface area contributed by atoms with E-state index < -0.39 is 22.0 Å². The normalized spacial score (nSPS) is 26.5. The molecule has 0 aromatic carbocycles. The lowest BCUT2D eigenvalue weighted by molar-refractivity contribution is -0.122. The van der Waals surface area contributed by atoms with Crippen LogP contribution in [0.3, 0.4) is 0 Å². The van der Waals surface area contributed by atoms with Gasteiger partial charge in [0, 0.05) is 19.3 Å². The molecule has 1 aliphatic heterocycles. The SMILES string of the molecule is CS(=O)(=O)CCNC(=O)C1CC(O)CN1. The van der Waals surface area contributed by atoms with Crippen LogP contribution in [0.2, 0.25) is 0 Å². The highest BCUT2D eigenvalue weighted by molar-refractivity contribution is 7.90. The molecule has 1 amide bonds. The maximum Gasteiger partial charge on any atom is 0.237 e. The van der Waals surface area contributed by atoms with Crippen molar-refractivity contribution in [3.63, 3.8) is 0 Å². The number of β-amino-alcohol motifs (C(OH)–C–C–N with tert-alkyl or cyclic N) is 1. The maximum absolute atomic E-state index is 11.4. The predicted molar refractivity (Wildman–Crippen MR) is 55.1 cm³/mol. The summed E-state index contributed by atoms with van der Waals surface area (Å²) < 4.78 is 21.6. The molecule has 2 unspecified atom stereocenters. The van der Waals surface area contributed by atoms with E-state index in [4.69, 9.17) is 5.11 Å². The number of amides is 1. The van der Waals surface area contributed by atoms with Gasteiger partial charge in [-0.25, -0.2) is 8.42 Å². The number of hydrogen-bond donors (Lipinski definition) is 3. The zero-order valence-corrected chi connectivity index (χ0v) is 9.38. The fraction of sp³-hybridized carbons (Fsp3) is 0.875. The van der Waals surface area contributed by atoms with E-state index in [9.17, 15) is 13.2 Å². The molecule has 3 N–H and O–H groups in total. The predicted octanol–water partition coefficient (Wildman–Crippen LogP) is -2.13. The van der Waals surface area contributed by atoms with Gasteiger partial charge in [0.05, 0.1) is 17.9 Å². The second-order valence-electron chi connectivity index (χ2n) is 3.77. The minimum Gasteiger partial charge on any atom is -0.392 e. The van der Waals surface area contributed by atoms with Crippen molar-refractivity contribution in [1.29, 1.82) is 0 Å². The van der Waals surface area contributed by atoms with Gasteiger partial charge in [0.1, 0.15) is 9.84 Å². The van der Waals surface area contributed by atoms with Crippen LogP contribution in [0.1, 0.15) is 6.42 Å². The number of aliphatic hydroxyl groups excluding tert-OH is 1. The molecule has 0 aromatic heterocycles. The summed E-state index contributed by atoms with van der Waals surface area (Å²) >= 11 is 0. The average molecular weight is 236 g/mol. The van der Waals surface area contributed by atoms with Crippen LogP contribution in [-0.4, -0.2) is 56.7 Å². The smallest absolute Gasteiger partial charge is 0.237 e. The van der Waals surface area contributed by atoms with Gasteiger partial charge in [-0.15, -0.1) is 0 Å². The van der Waals surface area contributed by atoms with Gasteiger partial charge in [-0.05, 0) is 6.42 Å². The van der Waals surface area contributed by atoms with Crippen LogP contribution < -0.4 is 10.6 Å². The largest absolute Gasteiger partial charge is 0.392 e. The number of nitrogens with one attached hydrogen (secondary N) is 2. The highest BCUT2D eigenvalue weighted by Crippen LogP contribution is 2.05. The van der Waals surface area contributed by atoms with Crippen molar-refractivity contribution in [3.8, 4) is 0 Å². The standard InChI is InChI=1S/C8H16N2O4S/c1-15(13,14)3-2-9-8(12)7-4-6(11)5-10-7/h6-7,10-11H,2-5H2,1H3,(H,9,12). The molecule has 0 saturated carbocycles. The first-order chi connectivity index (χ1) is 6.88. The zero-order valence-electron chi connectivity index (χ0n) is 8.56. The Hall–Kier alpha value is -0.660. The van der Waals surface area contributed by atoms with Crippen LogP contribution in [0.25, 0.3) is 0 Å². The summed E-state index contributed by atoms with van der Waals surface area (Å²) in [6.45, 7) is 0.524. The van der Waals surface area contributed by atoms with Crippen LogP contribution in [0.4, 0.5) is 0 Å². The van der Waals surface area contributed by atoms with Crippen LogP contribution >= 0.6 is 0 Å². The van der Waals surface area contributed by atoms with Crippen molar-refractivity contribution in [2.75, 3.05) is 25.1 Å². The first-order valence-corrected chi connectivity index (χ1v) is 6.81. The molecule has 0 radical (unpaired) electrons. The lowest BCUT2D eigenvalue weighted by Crippen LogP contribution is -2.41. The van der Waals surface area contributed by atoms with Gasteiger partial charge in [0.15, 0.2) is 0 Å². The number of rotatable bonds is 4. The third-order valence-corrected chi connectivity index (χ3v) is 3.14. The average Bonchev–Trinajstić information content (AvgIpc) is 2.49. The molecule has 7 heteroatoms. The lowest BCUT2D eigenvalue weighted by atomic mass is 10.2. The zero-order chi connectivity index (χ0) is 11.5. The quantitative estimate of drug-likeness (QED) is 0.518. The third-order valence-electron chi connectivity index (χ3n) is 2.20. The van der Waals surface area contributed by atoms with Gasteiger partial charge in [-0.2, -0.15) is 0 Å². The van der Waals surface area contributed by atoms with Crippen LogP contribution in [0.15, 0.2) is 0 Å². The number of sulfone groups is 1. The Morgan fingerprint density at radius 1 is 1.60 bits per heavy atom. The highest BCUT2D eigenvalue weighted by atomic mass is 32.2.